The van der Waals surface area contributed by atoms with Crippen molar-refractivity contribution in [3.05, 3.63) is 65.7 Å². The van der Waals surface area contributed by atoms with Crippen LogP contribution in [0.15, 0.2) is 53.6 Å². The zero-order chi connectivity index (χ0) is 15.5. The molecule has 0 aromatic heterocycles. The van der Waals surface area contributed by atoms with Crippen molar-refractivity contribution in [2.45, 2.75) is 18.9 Å². The Labute approximate surface area is 128 Å². The zero-order valence-electron chi connectivity index (χ0n) is 12.0. The molecular weight excluding hydrogens is 284 g/mol. The maximum Gasteiger partial charge on any atom is 0.128 e. The van der Waals surface area contributed by atoms with Crippen LogP contribution >= 0.6 is 0 Å². The van der Waals surface area contributed by atoms with Gasteiger partial charge in [0.1, 0.15) is 11.6 Å². The van der Waals surface area contributed by atoms with Gasteiger partial charge in [0.2, 0.25) is 0 Å². The van der Waals surface area contributed by atoms with Crippen LogP contribution in [0.2, 0.25) is 0 Å². The van der Waals surface area contributed by atoms with E-state index in [1.165, 1.54) is 18.2 Å². The Bertz CT molecular complexity index is 683. The molecule has 0 saturated carbocycles. The molecule has 0 bridgehead atoms. The number of hydrogen-bond acceptors (Lipinski definition) is 3. The first-order valence-electron chi connectivity index (χ1n) is 7.24. The maximum absolute atomic E-state index is 14.1. The molecule has 2 N–H and O–H groups in total. The van der Waals surface area contributed by atoms with Gasteiger partial charge in [-0.25, -0.2) is 8.78 Å². The van der Waals surface area contributed by atoms with E-state index < -0.39 is 0 Å². The van der Waals surface area contributed by atoms with Gasteiger partial charge in [0.05, 0.1) is 11.7 Å². The Balaban J connectivity index is 1.98. The minimum Gasteiger partial charge on any atom is -0.330 e. The Morgan fingerprint density at radius 2 is 1.82 bits per heavy atom. The molecule has 2 aromatic rings. The van der Waals surface area contributed by atoms with Crippen molar-refractivity contribution in [2.75, 3.05) is 11.6 Å². The van der Waals surface area contributed by atoms with Gasteiger partial charge in [0.25, 0.3) is 0 Å². The number of hydrazone groups is 1. The molecule has 2 aromatic carbocycles. The lowest BCUT2D eigenvalue weighted by molar-refractivity contribution is 0.578. The van der Waals surface area contributed by atoms with Crippen LogP contribution in [0.5, 0.6) is 0 Å². The van der Waals surface area contributed by atoms with Gasteiger partial charge in [-0.15, -0.1) is 0 Å². The van der Waals surface area contributed by atoms with Gasteiger partial charge in [-0.2, -0.15) is 5.10 Å². The van der Waals surface area contributed by atoms with Crippen LogP contribution in [0.3, 0.4) is 0 Å². The smallest absolute Gasteiger partial charge is 0.128 e. The number of hydrogen-bond donors (Lipinski definition) is 1. The fraction of sp³-hybridized carbons (Fsp3) is 0.235. The van der Waals surface area contributed by atoms with Gasteiger partial charge in [-0.3, -0.25) is 5.01 Å². The third-order valence-electron chi connectivity index (χ3n) is 3.76. The van der Waals surface area contributed by atoms with E-state index in [1.807, 2.05) is 6.07 Å². The molecule has 1 heterocycles. The molecule has 0 spiro atoms. The molecule has 0 radical (unpaired) electrons. The molecule has 0 aliphatic carbocycles. The summed E-state index contributed by atoms with van der Waals surface area (Å²) in [5, 5.41) is 6.31. The van der Waals surface area contributed by atoms with Gasteiger partial charge in [-0.1, -0.05) is 18.2 Å². The summed E-state index contributed by atoms with van der Waals surface area (Å²) < 4.78 is 27.3. The highest BCUT2D eigenvalue weighted by molar-refractivity contribution is 5.89. The van der Waals surface area contributed by atoms with E-state index in [4.69, 9.17) is 5.73 Å². The summed E-state index contributed by atoms with van der Waals surface area (Å²) in [6.07, 6.45) is 1.29. The van der Waals surface area contributed by atoms with Gasteiger partial charge >= 0.3 is 0 Å². The highest BCUT2D eigenvalue weighted by atomic mass is 19.1. The van der Waals surface area contributed by atoms with Gasteiger partial charge in [0.15, 0.2) is 0 Å². The van der Waals surface area contributed by atoms with Crippen LogP contribution in [0.1, 0.15) is 24.4 Å². The van der Waals surface area contributed by atoms with Crippen LogP contribution in [0.4, 0.5) is 14.5 Å². The molecule has 0 fully saturated rings. The highest BCUT2D eigenvalue weighted by Gasteiger charge is 2.30. The summed E-state index contributed by atoms with van der Waals surface area (Å²) in [5.74, 6) is -0.569. The topological polar surface area (TPSA) is 41.6 Å². The Hall–Kier alpha value is -2.27. The SMILES string of the molecule is NCCC1=NN(c2ccc(F)cc2)C(c2ccccc2F)C1. The van der Waals surface area contributed by atoms with Crippen molar-refractivity contribution in [1.82, 2.24) is 0 Å². The summed E-state index contributed by atoms with van der Waals surface area (Å²) in [4.78, 5) is 0. The lowest BCUT2D eigenvalue weighted by Gasteiger charge is -2.24. The van der Waals surface area contributed by atoms with E-state index >= 15 is 0 Å². The number of nitrogens with zero attached hydrogens (tertiary/aromatic N) is 2. The van der Waals surface area contributed by atoms with E-state index in [-0.39, 0.29) is 17.7 Å². The van der Waals surface area contributed by atoms with Gasteiger partial charge < -0.3 is 5.73 Å². The third kappa shape index (κ3) is 2.85. The summed E-state index contributed by atoms with van der Waals surface area (Å²) in [6, 6.07) is 12.5. The first kappa shape index (κ1) is 14.7. The lowest BCUT2D eigenvalue weighted by atomic mass is 10.00. The van der Waals surface area contributed by atoms with Crippen LogP contribution < -0.4 is 10.7 Å². The molecule has 0 amide bonds. The molecule has 3 rings (SSSR count). The van der Waals surface area contributed by atoms with Crippen molar-refractivity contribution in [1.29, 1.82) is 0 Å². The second-order valence-electron chi connectivity index (χ2n) is 5.27. The molecule has 1 unspecified atom stereocenters. The van der Waals surface area contributed by atoms with Crippen LogP contribution in [0, 0.1) is 11.6 Å². The third-order valence-corrected chi connectivity index (χ3v) is 3.76. The Morgan fingerprint density at radius 1 is 1.09 bits per heavy atom. The molecular formula is C17H17F2N3. The first-order valence-corrected chi connectivity index (χ1v) is 7.24. The van der Waals surface area contributed by atoms with Crippen molar-refractivity contribution in [3.63, 3.8) is 0 Å². The van der Waals surface area contributed by atoms with Crippen LogP contribution in [0.25, 0.3) is 0 Å². The molecule has 1 aliphatic rings. The summed E-state index contributed by atoms with van der Waals surface area (Å²) in [5.41, 5.74) is 7.86. The summed E-state index contributed by atoms with van der Waals surface area (Å²) in [7, 11) is 0. The number of halogens is 2. The van der Waals surface area contributed by atoms with E-state index in [9.17, 15) is 8.78 Å². The van der Waals surface area contributed by atoms with E-state index in [0.29, 0.717) is 24.9 Å². The van der Waals surface area contributed by atoms with E-state index in [0.717, 1.165) is 11.4 Å². The molecule has 3 nitrogen and oxygen atoms in total. The number of anilines is 1. The fourth-order valence-electron chi connectivity index (χ4n) is 2.71. The Morgan fingerprint density at radius 3 is 2.50 bits per heavy atom. The maximum atomic E-state index is 14.1. The minimum absolute atomic E-state index is 0.229. The normalized spacial score (nSPS) is 17.7. The summed E-state index contributed by atoms with van der Waals surface area (Å²) >= 11 is 0. The average Bonchev–Trinajstić information content (AvgIpc) is 2.93. The van der Waals surface area contributed by atoms with Gasteiger partial charge in [0, 0.05) is 17.7 Å². The molecule has 1 atom stereocenters. The predicted molar refractivity (Wildman–Crippen MR) is 83.7 cm³/mol. The predicted octanol–water partition coefficient (Wildman–Crippen LogP) is 3.62. The standard InChI is InChI=1S/C17H17F2N3/c18-12-5-7-14(8-6-12)22-17(11-13(21-22)9-10-20)15-3-1-2-4-16(15)19/h1-8,17H,9-11,20H2. The van der Waals surface area contributed by atoms with Crippen molar-refractivity contribution >= 4 is 11.4 Å². The number of benzene rings is 2. The van der Waals surface area contributed by atoms with Crippen LogP contribution in [-0.4, -0.2) is 12.3 Å². The van der Waals surface area contributed by atoms with E-state index in [1.54, 1.807) is 29.3 Å². The molecule has 22 heavy (non-hydrogen) atoms. The van der Waals surface area contributed by atoms with Gasteiger partial charge in [-0.05, 0) is 43.3 Å². The lowest BCUT2D eigenvalue weighted by Crippen LogP contribution is -2.19. The minimum atomic E-state index is -0.309. The second kappa shape index (κ2) is 6.23. The first-order chi connectivity index (χ1) is 10.7. The molecule has 114 valence electrons. The highest BCUT2D eigenvalue weighted by Crippen LogP contribution is 2.36. The Kier molecular flexibility index (Phi) is 4.15. The fourth-order valence-corrected chi connectivity index (χ4v) is 2.71. The quantitative estimate of drug-likeness (QED) is 0.937. The largest absolute Gasteiger partial charge is 0.330 e. The number of nitrogens with two attached hydrogens (primary N) is 1. The van der Waals surface area contributed by atoms with Crippen molar-refractivity contribution in [3.8, 4) is 0 Å². The monoisotopic (exact) mass is 301 g/mol. The molecule has 0 saturated heterocycles. The second-order valence-corrected chi connectivity index (χ2v) is 5.27. The molecule has 1 aliphatic heterocycles. The van der Waals surface area contributed by atoms with Crippen LogP contribution in [-0.2, 0) is 0 Å². The zero-order valence-corrected chi connectivity index (χ0v) is 12.0. The van der Waals surface area contributed by atoms with E-state index in [2.05, 4.69) is 5.10 Å². The van der Waals surface area contributed by atoms with Crippen molar-refractivity contribution in [2.24, 2.45) is 10.8 Å². The summed E-state index contributed by atoms with van der Waals surface area (Å²) in [6.45, 7) is 0.500. The average molecular weight is 301 g/mol. The van der Waals surface area contributed by atoms with Crippen molar-refractivity contribution < 1.29 is 8.78 Å². The number of rotatable bonds is 4. The molecule has 5 heteroatoms.